The Morgan fingerprint density at radius 3 is 2.46 bits per heavy atom. The van der Waals surface area contributed by atoms with Crippen molar-refractivity contribution in [2.24, 2.45) is 4.99 Å². The summed E-state index contributed by atoms with van der Waals surface area (Å²) in [5.74, 6) is 0.552. The molecule has 0 radical (unpaired) electrons. The molecule has 1 fully saturated rings. The van der Waals surface area contributed by atoms with Gasteiger partial charge < -0.3 is 16.0 Å². The molecule has 0 aromatic heterocycles. The van der Waals surface area contributed by atoms with E-state index in [1.165, 1.54) is 5.56 Å². The fourth-order valence-corrected chi connectivity index (χ4v) is 3.22. The van der Waals surface area contributed by atoms with Crippen molar-refractivity contribution in [2.75, 3.05) is 20.1 Å². The van der Waals surface area contributed by atoms with Gasteiger partial charge >= 0.3 is 0 Å². The van der Waals surface area contributed by atoms with Crippen molar-refractivity contribution >= 4 is 47.4 Å². The number of hydrogen-bond donors (Lipinski definition) is 3. The third kappa shape index (κ3) is 6.38. The number of carbonyl (C=O) groups is 1. The predicted molar refractivity (Wildman–Crippen MR) is 125 cm³/mol. The molecule has 0 atom stereocenters. The van der Waals surface area contributed by atoms with E-state index in [0.717, 1.165) is 30.0 Å². The Kier molecular flexibility index (Phi) is 8.57. The van der Waals surface area contributed by atoms with Gasteiger partial charge in [-0.2, -0.15) is 0 Å². The van der Waals surface area contributed by atoms with Crippen LogP contribution in [-0.2, 0) is 16.8 Å². The van der Waals surface area contributed by atoms with Crippen LogP contribution in [0.4, 0.5) is 0 Å². The third-order valence-corrected chi connectivity index (χ3v) is 5.09. The SMILES string of the molecule is CN=C(NCC(=O)NCc1ccccc1)NCC1(c2cccc(Cl)c2)CC1.I. The lowest BCUT2D eigenvalue weighted by Gasteiger charge is -2.19. The minimum absolute atomic E-state index is 0. The molecule has 1 saturated carbocycles. The van der Waals surface area contributed by atoms with Crippen molar-refractivity contribution in [1.29, 1.82) is 0 Å². The number of benzene rings is 2. The number of carbonyl (C=O) groups excluding carboxylic acids is 1. The summed E-state index contributed by atoms with van der Waals surface area (Å²) in [6, 6.07) is 17.9. The number of amides is 1. The first kappa shape index (κ1) is 22.5. The van der Waals surface area contributed by atoms with Gasteiger partial charge in [0, 0.05) is 30.6 Å². The van der Waals surface area contributed by atoms with E-state index in [-0.39, 0.29) is 41.8 Å². The summed E-state index contributed by atoms with van der Waals surface area (Å²) in [5, 5.41) is 10.1. The van der Waals surface area contributed by atoms with E-state index in [1.807, 2.05) is 48.5 Å². The smallest absolute Gasteiger partial charge is 0.239 e. The van der Waals surface area contributed by atoms with Crippen LogP contribution in [0, 0.1) is 0 Å². The van der Waals surface area contributed by atoms with Gasteiger partial charge in [0.2, 0.25) is 5.91 Å². The normalized spacial score (nSPS) is 14.6. The molecule has 5 nitrogen and oxygen atoms in total. The molecule has 0 bridgehead atoms. The zero-order chi connectivity index (χ0) is 19.1. The van der Waals surface area contributed by atoms with Crippen molar-refractivity contribution in [2.45, 2.75) is 24.8 Å². The maximum Gasteiger partial charge on any atom is 0.239 e. The molecule has 150 valence electrons. The summed E-state index contributed by atoms with van der Waals surface area (Å²) in [6.07, 6.45) is 2.24. The van der Waals surface area contributed by atoms with E-state index in [2.05, 4.69) is 27.0 Å². The molecule has 3 N–H and O–H groups in total. The molecule has 28 heavy (non-hydrogen) atoms. The number of aliphatic imine (C=N–C) groups is 1. The van der Waals surface area contributed by atoms with Crippen molar-refractivity contribution in [3.63, 3.8) is 0 Å². The monoisotopic (exact) mass is 512 g/mol. The molecule has 0 heterocycles. The number of guanidine groups is 1. The molecule has 2 aromatic rings. The lowest BCUT2D eigenvalue weighted by molar-refractivity contribution is -0.120. The van der Waals surface area contributed by atoms with Crippen molar-refractivity contribution in [3.05, 3.63) is 70.7 Å². The van der Waals surface area contributed by atoms with Gasteiger partial charge in [0.25, 0.3) is 0 Å². The maximum atomic E-state index is 12.0. The van der Waals surface area contributed by atoms with Crippen LogP contribution in [0.15, 0.2) is 59.6 Å². The number of rotatable bonds is 7. The quantitative estimate of drug-likeness (QED) is 0.302. The zero-order valence-electron chi connectivity index (χ0n) is 15.9. The molecule has 0 spiro atoms. The average Bonchev–Trinajstić information content (AvgIpc) is 3.48. The van der Waals surface area contributed by atoms with Gasteiger partial charge in [0.05, 0.1) is 6.54 Å². The average molecular weight is 513 g/mol. The topological polar surface area (TPSA) is 65.5 Å². The highest BCUT2D eigenvalue weighted by Gasteiger charge is 2.44. The third-order valence-electron chi connectivity index (χ3n) is 4.86. The number of nitrogens with one attached hydrogen (secondary N) is 3. The van der Waals surface area contributed by atoms with Crippen molar-refractivity contribution in [3.8, 4) is 0 Å². The van der Waals surface area contributed by atoms with Gasteiger partial charge in [0.15, 0.2) is 5.96 Å². The fourth-order valence-electron chi connectivity index (χ4n) is 3.03. The highest BCUT2D eigenvalue weighted by Crippen LogP contribution is 2.48. The van der Waals surface area contributed by atoms with Crippen LogP contribution >= 0.6 is 35.6 Å². The van der Waals surface area contributed by atoms with Crippen molar-refractivity contribution in [1.82, 2.24) is 16.0 Å². The summed E-state index contributed by atoms with van der Waals surface area (Å²) >= 11 is 6.13. The Bertz CT molecular complexity index is 809. The van der Waals surface area contributed by atoms with Gasteiger partial charge in [0.1, 0.15) is 0 Å². The van der Waals surface area contributed by atoms with Crippen LogP contribution in [0.25, 0.3) is 0 Å². The minimum atomic E-state index is -0.0715. The summed E-state index contributed by atoms with van der Waals surface area (Å²) in [5.41, 5.74) is 2.43. The van der Waals surface area contributed by atoms with Crippen LogP contribution in [0.3, 0.4) is 0 Å². The second kappa shape index (κ2) is 10.7. The number of nitrogens with zero attached hydrogens (tertiary/aromatic N) is 1. The van der Waals surface area contributed by atoms with Crippen LogP contribution in [0.5, 0.6) is 0 Å². The summed E-state index contributed by atoms with van der Waals surface area (Å²) in [4.78, 5) is 16.2. The lowest BCUT2D eigenvalue weighted by atomic mass is 9.96. The molecular formula is C21H26ClIN4O. The van der Waals surface area contributed by atoms with E-state index < -0.39 is 0 Å². The van der Waals surface area contributed by atoms with Gasteiger partial charge in [-0.05, 0) is 36.1 Å². The summed E-state index contributed by atoms with van der Waals surface area (Å²) in [6.45, 7) is 1.46. The minimum Gasteiger partial charge on any atom is -0.356 e. The molecular weight excluding hydrogens is 487 g/mol. The van der Waals surface area contributed by atoms with Gasteiger partial charge in [-0.1, -0.05) is 54.1 Å². The first-order valence-corrected chi connectivity index (χ1v) is 9.50. The lowest BCUT2D eigenvalue weighted by Crippen LogP contribution is -2.45. The molecule has 7 heteroatoms. The highest BCUT2D eigenvalue weighted by atomic mass is 127. The second-order valence-electron chi connectivity index (χ2n) is 6.83. The van der Waals surface area contributed by atoms with Crippen molar-refractivity contribution < 1.29 is 4.79 Å². The zero-order valence-corrected chi connectivity index (χ0v) is 19.0. The Labute approximate surface area is 188 Å². The fraction of sp³-hybridized carbons (Fsp3) is 0.333. The standard InChI is InChI=1S/C21H25ClN4O.HI/c1-23-20(25-14-19(27)24-13-16-6-3-2-4-7-16)26-15-21(10-11-21)17-8-5-9-18(22)12-17;/h2-9,12H,10-11,13-15H2,1H3,(H,24,27)(H2,23,25,26);1H. The highest BCUT2D eigenvalue weighted by molar-refractivity contribution is 14.0. The Balaban J connectivity index is 0.00000280. The van der Waals surface area contributed by atoms with Crippen LogP contribution in [0.1, 0.15) is 24.0 Å². The summed E-state index contributed by atoms with van der Waals surface area (Å²) < 4.78 is 0. The molecule has 0 unspecified atom stereocenters. The first-order valence-electron chi connectivity index (χ1n) is 9.12. The Morgan fingerprint density at radius 2 is 1.82 bits per heavy atom. The number of halogens is 2. The second-order valence-corrected chi connectivity index (χ2v) is 7.27. The molecule has 0 saturated heterocycles. The van der Waals surface area contributed by atoms with Gasteiger partial charge in [-0.25, -0.2) is 0 Å². The summed E-state index contributed by atoms with van der Waals surface area (Å²) in [7, 11) is 1.70. The molecule has 3 rings (SSSR count). The van der Waals surface area contributed by atoms with E-state index in [0.29, 0.717) is 12.5 Å². The van der Waals surface area contributed by atoms with Crippen LogP contribution in [-0.4, -0.2) is 32.0 Å². The molecule has 2 aromatic carbocycles. The predicted octanol–water partition coefficient (Wildman–Crippen LogP) is 3.47. The maximum absolute atomic E-state index is 12.0. The number of hydrogen-bond acceptors (Lipinski definition) is 2. The molecule has 1 amide bonds. The first-order chi connectivity index (χ1) is 13.1. The molecule has 0 aliphatic heterocycles. The van der Waals surface area contributed by atoms with E-state index in [4.69, 9.17) is 11.6 Å². The van der Waals surface area contributed by atoms with E-state index in [9.17, 15) is 4.79 Å². The Hall–Kier alpha value is -1.80. The van der Waals surface area contributed by atoms with E-state index >= 15 is 0 Å². The van der Waals surface area contributed by atoms with Crippen LogP contribution in [0.2, 0.25) is 5.02 Å². The van der Waals surface area contributed by atoms with E-state index in [1.54, 1.807) is 7.05 Å². The van der Waals surface area contributed by atoms with Gasteiger partial charge in [-0.3, -0.25) is 9.79 Å². The van der Waals surface area contributed by atoms with Gasteiger partial charge in [-0.15, -0.1) is 24.0 Å². The Morgan fingerprint density at radius 1 is 1.07 bits per heavy atom. The van der Waals surface area contributed by atoms with Crippen LogP contribution < -0.4 is 16.0 Å². The molecule has 1 aliphatic carbocycles. The largest absolute Gasteiger partial charge is 0.356 e. The molecule has 1 aliphatic rings.